The van der Waals surface area contributed by atoms with E-state index in [9.17, 15) is 19.2 Å². The van der Waals surface area contributed by atoms with Crippen molar-refractivity contribution in [3.05, 3.63) is 12.2 Å². The highest BCUT2D eigenvalue weighted by atomic mass is 16.5. The maximum absolute atomic E-state index is 13.1. The summed E-state index contributed by atoms with van der Waals surface area (Å²) in [5.41, 5.74) is 0. The van der Waals surface area contributed by atoms with Crippen molar-refractivity contribution >= 4 is 23.8 Å². The van der Waals surface area contributed by atoms with Gasteiger partial charge >= 0.3 is 11.9 Å². The molecule has 28 heavy (non-hydrogen) atoms. The average molecular weight is 400 g/mol. The Kier molecular flexibility index (Phi) is 10.2. The van der Waals surface area contributed by atoms with E-state index in [0.717, 1.165) is 12.2 Å². The first-order valence-electron chi connectivity index (χ1n) is 8.86. The molecule has 0 bridgehead atoms. The number of amides is 2. The van der Waals surface area contributed by atoms with Crippen molar-refractivity contribution in [2.75, 3.05) is 54.2 Å². The Morgan fingerprint density at radius 2 is 1.57 bits per heavy atom. The van der Waals surface area contributed by atoms with Gasteiger partial charge in [0.15, 0.2) is 0 Å². The summed E-state index contributed by atoms with van der Waals surface area (Å²) in [6, 6.07) is -0.943. The Hall–Kier alpha value is -2.46. The molecule has 1 saturated heterocycles. The molecule has 0 aromatic heterocycles. The second-order valence-electron chi connectivity index (χ2n) is 6.09. The van der Waals surface area contributed by atoms with Crippen LogP contribution in [0.25, 0.3) is 0 Å². The predicted octanol–water partition coefficient (Wildman–Crippen LogP) is -0.630. The van der Waals surface area contributed by atoms with E-state index < -0.39 is 24.1 Å². The summed E-state index contributed by atoms with van der Waals surface area (Å²) in [6.07, 6.45) is 1.35. The van der Waals surface area contributed by atoms with Crippen LogP contribution in [0.5, 0.6) is 0 Å². The predicted molar refractivity (Wildman–Crippen MR) is 97.2 cm³/mol. The lowest BCUT2D eigenvalue weighted by Gasteiger charge is -2.31. The third-order valence-corrected chi connectivity index (χ3v) is 4.27. The molecule has 1 aliphatic heterocycles. The lowest BCUT2D eigenvalue weighted by atomic mass is 10.1. The molecule has 0 N–H and O–H groups in total. The van der Waals surface area contributed by atoms with E-state index in [1.54, 1.807) is 0 Å². The molecular weight excluding hydrogens is 372 g/mol. The van der Waals surface area contributed by atoms with Gasteiger partial charge in [-0.1, -0.05) is 0 Å². The quantitative estimate of drug-likeness (QED) is 0.352. The van der Waals surface area contributed by atoms with Crippen LogP contribution in [-0.2, 0) is 38.1 Å². The van der Waals surface area contributed by atoms with Gasteiger partial charge in [0.1, 0.15) is 12.1 Å². The van der Waals surface area contributed by atoms with Crippen LogP contribution in [-0.4, -0.2) is 99.9 Å². The fourth-order valence-electron chi connectivity index (χ4n) is 2.85. The number of carbonyl (C=O) groups is 4. The van der Waals surface area contributed by atoms with Crippen molar-refractivity contribution in [2.24, 2.45) is 0 Å². The standard InChI is InChI=1S/C18H28N2O8/c1-13(21)20-8-7-14(28-16(23)6-5-15(22)27-4)17(20)18(24)19(9-11-25-2)10-12-26-3/h5-6,14,17H,7-12H2,1-4H3/b6-5+/t14-,17+/m1/s1. The van der Waals surface area contributed by atoms with Gasteiger partial charge < -0.3 is 28.7 Å². The van der Waals surface area contributed by atoms with Gasteiger partial charge in [0.05, 0.1) is 20.3 Å². The van der Waals surface area contributed by atoms with E-state index >= 15 is 0 Å². The van der Waals surface area contributed by atoms with Crippen LogP contribution in [0, 0.1) is 0 Å². The van der Waals surface area contributed by atoms with Gasteiger partial charge in [-0.05, 0) is 0 Å². The minimum absolute atomic E-state index is 0.285. The molecule has 1 fully saturated rings. The highest BCUT2D eigenvalue weighted by molar-refractivity contribution is 5.92. The number of ether oxygens (including phenoxy) is 4. The van der Waals surface area contributed by atoms with Gasteiger partial charge in [-0.25, -0.2) is 9.59 Å². The number of hydrogen-bond donors (Lipinski definition) is 0. The largest absolute Gasteiger partial charge is 0.466 e. The molecule has 0 spiro atoms. The van der Waals surface area contributed by atoms with E-state index in [1.807, 2.05) is 0 Å². The molecule has 0 aromatic rings. The molecule has 0 aliphatic carbocycles. The van der Waals surface area contributed by atoms with Crippen molar-refractivity contribution in [1.82, 2.24) is 9.80 Å². The SMILES string of the molecule is COCCN(CCOC)C(=O)[C@@H]1[C@H](OC(=O)/C=C/C(=O)OC)CCN1C(C)=O. The zero-order valence-electron chi connectivity index (χ0n) is 16.7. The van der Waals surface area contributed by atoms with Crippen LogP contribution in [0.4, 0.5) is 0 Å². The second kappa shape index (κ2) is 12.1. The molecule has 0 aromatic carbocycles. The fourth-order valence-corrected chi connectivity index (χ4v) is 2.85. The molecule has 10 heteroatoms. The number of carbonyl (C=O) groups excluding carboxylic acids is 4. The minimum Gasteiger partial charge on any atom is -0.466 e. The van der Waals surface area contributed by atoms with Crippen LogP contribution in [0.2, 0.25) is 0 Å². The highest BCUT2D eigenvalue weighted by Crippen LogP contribution is 2.23. The molecule has 0 saturated carbocycles. The summed E-state index contributed by atoms with van der Waals surface area (Å²) in [4.78, 5) is 51.1. The van der Waals surface area contributed by atoms with E-state index in [-0.39, 0.29) is 18.4 Å². The van der Waals surface area contributed by atoms with Crippen molar-refractivity contribution in [3.8, 4) is 0 Å². The van der Waals surface area contributed by atoms with Crippen molar-refractivity contribution < 1.29 is 38.1 Å². The molecule has 2 amide bonds. The number of rotatable bonds is 10. The van der Waals surface area contributed by atoms with Crippen LogP contribution in [0.1, 0.15) is 13.3 Å². The van der Waals surface area contributed by atoms with Crippen LogP contribution in [0.15, 0.2) is 12.2 Å². The maximum atomic E-state index is 13.1. The highest BCUT2D eigenvalue weighted by Gasteiger charge is 2.44. The summed E-state index contributed by atoms with van der Waals surface area (Å²) in [5, 5.41) is 0. The second-order valence-corrected chi connectivity index (χ2v) is 6.09. The van der Waals surface area contributed by atoms with E-state index in [4.69, 9.17) is 14.2 Å². The molecule has 1 aliphatic rings. The number of nitrogens with zero attached hydrogens (tertiary/aromatic N) is 2. The summed E-state index contributed by atoms with van der Waals surface area (Å²) < 4.78 is 19.8. The van der Waals surface area contributed by atoms with Gasteiger partial charge in [0.2, 0.25) is 11.8 Å². The molecular formula is C18H28N2O8. The Balaban J connectivity index is 2.95. The van der Waals surface area contributed by atoms with Crippen LogP contribution >= 0.6 is 0 Å². The first kappa shape index (κ1) is 23.6. The molecule has 1 rings (SSSR count). The topological polar surface area (TPSA) is 112 Å². The first-order valence-corrected chi connectivity index (χ1v) is 8.86. The first-order chi connectivity index (χ1) is 13.3. The summed E-state index contributed by atoms with van der Waals surface area (Å²) >= 11 is 0. The number of likely N-dealkylation sites (tertiary alicyclic amines) is 1. The summed E-state index contributed by atoms with van der Waals surface area (Å²) in [7, 11) is 4.23. The molecule has 1 heterocycles. The van der Waals surface area contributed by atoms with E-state index in [2.05, 4.69) is 4.74 Å². The van der Waals surface area contributed by atoms with Crippen molar-refractivity contribution in [1.29, 1.82) is 0 Å². The lowest BCUT2D eigenvalue weighted by molar-refractivity contribution is -0.154. The Bertz CT molecular complexity index is 584. The molecule has 0 unspecified atom stereocenters. The van der Waals surface area contributed by atoms with Gasteiger partial charge in [-0.15, -0.1) is 0 Å². The molecule has 2 atom stereocenters. The monoisotopic (exact) mass is 400 g/mol. The smallest absolute Gasteiger partial charge is 0.331 e. The third-order valence-electron chi connectivity index (χ3n) is 4.27. The average Bonchev–Trinajstić information content (AvgIpc) is 3.09. The third kappa shape index (κ3) is 6.93. The zero-order chi connectivity index (χ0) is 21.1. The zero-order valence-corrected chi connectivity index (χ0v) is 16.7. The Morgan fingerprint density at radius 3 is 2.07 bits per heavy atom. The number of hydrogen-bond acceptors (Lipinski definition) is 8. The van der Waals surface area contributed by atoms with E-state index in [1.165, 1.54) is 38.1 Å². The van der Waals surface area contributed by atoms with Gasteiger partial charge in [0.25, 0.3) is 0 Å². The van der Waals surface area contributed by atoms with Crippen molar-refractivity contribution in [3.63, 3.8) is 0 Å². The maximum Gasteiger partial charge on any atom is 0.331 e. The van der Waals surface area contributed by atoms with Gasteiger partial charge in [-0.2, -0.15) is 0 Å². The molecule has 0 radical (unpaired) electrons. The summed E-state index contributed by atoms with van der Waals surface area (Å²) in [5.74, 6) is -2.14. The Labute approximate surface area is 164 Å². The number of methoxy groups -OCH3 is 3. The lowest BCUT2D eigenvalue weighted by Crippen LogP contribution is -2.53. The summed E-state index contributed by atoms with van der Waals surface area (Å²) in [6.45, 7) is 2.89. The van der Waals surface area contributed by atoms with Crippen molar-refractivity contribution in [2.45, 2.75) is 25.5 Å². The minimum atomic E-state index is -0.943. The van der Waals surface area contributed by atoms with E-state index in [0.29, 0.717) is 32.7 Å². The fraction of sp³-hybridized carbons (Fsp3) is 0.667. The number of esters is 2. The van der Waals surface area contributed by atoms with Gasteiger partial charge in [0, 0.05) is 59.4 Å². The van der Waals surface area contributed by atoms with Crippen LogP contribution < -0.4 is 0 Å². The normalized spacial score (nSPS) is 18.9. The molecule has 10 nitrogen and oxygen atoms in total. The molecule has 158 valence electrons. The van der Waals surface area contributed by atoms with Gasteiger partial charge in [-0.3, -0.25) is 9.59 Å². The Morgan fingerprint density at radius 1 is 1.00 bits per heavy atom. The van der Waals surface area contributed by atoms with Crippen LogP contribution in [0.3, 0.4) is 0 Å².